The highest BCUT2D eigenvalue weighted by Crippen LogP contribution is 2.17. The number of fused-ring (bicyclic) bond motifs is 1. The number of aryl methyl sites for hydroxylation is 1. The summed E-state index contributed by atoms with van der Waals surface area (Å²) >= 11 is 0. The highest BCUT2D eigenvalue weighted by atomic mass is 16.3. The molecule has 0 aliphatic heterocycles. The number of benzene rings is 1. The van der Waals surface area contributed by atoms with Gasteiger partial charge in [-0.05, 0) is 57.7 Å². The molecule has 104 valence electrons. The Morgan fingerprint density at radius 2 is 2.16 bits per heavy atom. The highest BCUT2D eigenvalue weighted by Gasteiger charge is 2.05. The first-order chi connectivity index (χ1) is 9.19. The molecular formula is C15H23N3O. The molecule has 0 fully saturated rings. The highest BCUT2D eigenvalue weighted by molar-refractivity contribution is 5.73. The topological polar surface area (TPSA) is 41.3 Å². The Balaban J connectivity index is 1.89. The van der Waals surface area contributed by atoms with E-state index in [0.717, 1.165) is 36.6 Å². The van der Waals surface area contributed by atoms with Crippen molar-refractivity contribution >= 4 is 11.1 Å². The Labute approximate surface area is 114 Å². The lowest BCUT2D eigenvalue weighted by Crippen LogP contribution is -2.20. The van der Waals surface area contributed by atoms with E-state index in [1.54, 1.807) is 0 Å². The van der Waals surface area contributed by atoms with Gasteiger partial charge in [0.25, 0.3) is 0 Å². The van der Waals surface area contributed by atoms with Crippen molar-refractivity contribution in [2.45, 2.75) is 26.3 Å². The van der Waals surface area contributed by atoms with E-state index in [2.05, 4.69) is 34.4 Å². The third kappa shape index (κ3) is 4.04. The van der Waals surface area contributed by atoms with E-state index in [4.69, 9.17) is 4.42 Å². The van der Waals surface area contributed by atoms with Crippen molar-refractivity contribution < 1.29 is 4.42 Å². The molecule has 4 heteroatoms. The van der Waals surface area contributed by atoms with Gasteiger partial charge < -0.3 is 14.6 Å². The van der Waals surface area contributed by atoms with Gasteiger partial charge in [-0.3, -0.25) is 0 Å². The molecule has 2 aromatic rings. The largest absolute Gasteiger partial charge is 0.441 e. The van der Waals surface area contributed by atoms with E-state index in [-0.39, 0.29) is 0 Å². The first kappa shape index (κ1) is 14.0. The fraction of sp³-hybridized carbons (Fsp3) is 0.533. The molecule has 1 aromatic carbocycles. The Hall–Kier alpha value is -1.39. The molecule has 0 saturated carbocycles. The number of hydrogen-bond donors (Lipinski definition) is 1. The molecule has 0 saturated heterocycles. The van der Waals surface area contributed by atoms with Crippen LogP contribution < -0.4 is 5.32 Å². The van der Waals surface area contributed by atoms with Crippen LogP contribution in [0.3, 0.4) is 0 Å². The molecule has 0 aliphatic rings. The van der Waals surface area contributed by atoms with E-state index in [1.807, 2.05) is 20.0 Å². The molecule has 0 bridgehead atoms. The van der Waals surface area contributed by atoms with E-state index < -0.39 is 0 Å². The second kappa shape index (κ2) is 6.68. The van der Waals surface area contributed by atoms with E-state index >= 15 is 0 Å². The third-order valence-corrected chi connectivity index (χ3v) is 3.23. The van der Waals surface area contributed by atoms with Crippen LogP contribution in [0.25, 0.3) is 11.1 Å². The Bertz CT molecular complexity index is 521. The van der Waals surface area contributed by atoms with Crippen molar-refractivity contribution in [2.24, 2.45) is 0 Å². The van der Waals surface area contributed by atoms with Crippen molar-refractivity contribution in [1.29, 1.82) is 0 Å². The molecule has 0 atom stereocenters. The molecule has 0 aliphatic carbocycles. The molecule has 1 N–H and O–H groups in total. The van der Waals surface area contributed by atoms with Crippen molar-refractivity contribution in [3.05, 3.63) is 29.7 Å². The number of nitrogens with zero attached hydrogens (tertiary/aromatic N) is 2. The molecule has 1 heterocycles. The average Bonchev–Trinajstić information content (AvgIpc) is 2.74. The Kier molecular flexibility index (Phi) is 4.93. The van der Waals surface area contributed by atoms with Gasteiger partial charge in [0.05, 0.1) is 0 Å². The van der Waals surface area contributed by atoms with Crippen LogP contribution in [0.15, 0.2) is 22.6 Å². The zero-order valence-corrected chi connectivity index (χ0v) is 12.1. The van der Waals surface area contributed by atoms with E-state index in [9.17, 15) is 0 Å². The summed E-state index contributed by atoms with van der Waals surface area (Å²) in [7, 11) is 4.16. The lowest BCUT2D eigenvalue weighted by atomic mass is 10.2. The summed E-state index contributed by atoms with van der Waals surface area (Å²) in [5.41, 5.74) is 3.12. The van der Waals surface area contributed by atoms with Crippen molar-refractivity contribution in [3.63, 3.8) is 0 Å². The fourth-order valence-corrected chi connectivity index (χ4v) is 2.26. The number of nitrogens with one attached hydrogen (secondary N) is 1. The molecule has 0 spiro atoms. The molecule has 19 heavy (non-hydrogen) atoms. The Morgan fingerprint density at radius 1 is 1.32 bits per heavy atom. The zero-order chi connectivity index (χ0) is 13.7. The molecule has 0 unspecified atom stereocenters. The maximum atomic E-state index is 5.49. The average molecular weight is 261 g/mol. The first-order valence-corrected chi connectivity index (χ1v) is 6.88. The van der Waals surface area contributed by atoms with Crippen molar-refractivity contribution in [3.8, 4) is 0 Å². The summed E-state index contributed by atoms with van der Waals surface area (Å²) < 4.78 is 5.49. The summed E-state index contributed by atoms with van der Waals surface area (Å²) in [4.78, 5) is 6.73. The van der Waals surface area contributed by atoms with Crippen LogP contribution in [0.4, 0.5) is 0 Å². The second-order valence-electron chi connectivity index (χ2n) is 5.08. The summed E-state index contributed by atoms with van der Waals surface area (Å²) in [6.45, 7) is 5.06. The summed E-state index contributed by atoms with van der Waals surface area (Å²) in [6.07, 6.45) is 2.45. The van der Waals surface area contributed by atoms with Gasteiger partial charge in [0, 0.05) is 13.5 Å². The second-order valence-corrected chi connectivity index (χ2v) is 5.08. The third-order valence-electron chi connectivity index (χ3n) is 3.23. The van der Waals surface area contributed by atoms with Gasteiger partial charge in [-0.15, -0.1) is 0 Å². The van der Waals surface area contributed by atoms with Crippen molar-refractivity contribution in [1.82, 2.24) is 15.2 Å². The smallest absolute Gasteiger partial charge is 0.192 e. The molecule has 4 nitrogen and oxygen atoms in total. The van der Waals surface area contributed by atoms with Crippen LogP contribution >= 0.6 is 0 Å². The standard InChI is InChI=1S/C15H23N3O/c1-12-17-14-10-13(6-7-15(14)19-12)11-18(3)9-5-4-8-16-2/h6-7,10,16H,4-5,8-9,11H2,1-3H3. The zero-order valence-electron chi connectivity index (χ0n) is 12.1. The summed E-state index contributed by atoms with van der Waals surface area (Å²) in [5.74, 6) is 0.729. The van der Waals surface area contributed by atoms with Gasteiger partial charge in [-0.25, -0.2) is 4.98 Å². The predicted molar refractivity (Wildman–Crippen MR) is 78.2 cm³/mol. The van der Waals surface area contributed by atoms with Gasteiger partial charge in [0.1, 0.15) is 5.52 Å². The maximum Gasteiger partial charge on any atom is 0.192 e. The van der Waals surface area contributed by atoms with Gasteiger partial charge >= 0.3 is 0 Å². The number of rotatable bonds is 7. The molecule has 0 amide bonds. The minimum atomic E-state index is 0.729. The number of aromatic nitrogens is 1. The lowest BCUT2D eigenvalue weighted by molar-refractivity contribution is 0.318. The molecule has 0 radical (unpaired) electrons. The first-order valence-electron chi connectivity index (χ1n) is 6.88. The van der Waals surface area contributed by atoms with Crippen LogP contribution in [-0.2, 0) is 6.54 Å². The van der Waals surface area contributed by atoms with Crippen LogP contribution in [0.5, 0.6) is 0 Å². The minimum Gasteiger partial charge on any atom is -0.441 e. The van der Waals surface area contributed by atoms with Crippen LogP contribution in [0, 0.1) is 6.92 Å². The quantitative estimate of drug-likeness (QED) is 0.778. The number of oxazole rings is 1. The van der Waals surface area contributed by atoms with Crippen LogP contribution in [-0.4, -0.2) is 37.1 Å². The SMILES string of the molecule is CNCCCCN(C)Cc1ccc2oc(C)nc2c1. The van der Waals surface area contributed by atoms with Gasteiger partial charge in [0.2, 0.25) is 0 Å². The minimum absolute atomic E-state index is 0.729. The van der Waals surface area contributed by atoms with Gasteiger partial charge in [-0.2, -0.15) is 0 Å². The van der Waals surface area contributed by atoms with Gasteiger partial charge in [-0.1, -0.05) is 6.07 Å². The monoisotopic (exact) mass is 261 g/mol. The van der Waals surface area contributed by atoms with E-state index in [0.29, 0.717) is 0 Å². The normalized spacial score (nSPS) is 11.6. The number of unbranched alkanes of at least 4 members (excludes halogenated alkanes) is 1. The lowest BCUT2D eigenvalue weighted by Gasteiger charge is -2.16. The molecular weight excluding hydrogens is 238 g/mol. The molecule has 1 aromatic heterocycles. The molecule has 2 rings (SSSR count). The fourth-order valence-electron chi connectivity index (χ4n) is 2.26. The van der Waals surface area contributed by atoms with Crippen LogP contribution in [0.1, 0.15) is 24.3 Å². The van der Waals surface area contributed by atoms with Crippen molar-refractivity contribution in [2.75, 3.05) is 27.2 Å². The van der Waals surface area contributed by atoms with E-state index in [1.165, 1.54) is 18.4 Å². The summed E-state index contributed by atoms with van der Waals surface area (Å²) in [5, 5.41) is 3.18. The van der Waals surface area contributed by atoms with Crippen LogP contribution in [0.2, 0.25) is 0 Å². The number of hydrogen-bond acceptors (Lipinski definition) is 4. The van der Waals surface area contributed by atoms with Gasteiger partial charge in [0.15, 0.2) is 11.5 Å². The maximum absolute atomic E-state index is 5.49. The Morgan fingerprint density at radius 3 is 2.95 bits per heavy atom. The predicted octanol–water partition coefficient (Wildman–Crippen LogP) is 2.57. The summed E-state index contributed by atoms with van der Waals surface area (Å²) in [6, 6.07) is 6.26.